The third kappa shape index (κ3) is 6.40. The van der Waals surface area contributed by atoms with Crippen LogP contribution in [0.3, 0.4) is 0 Å². The maximum absolute atomic E-state index is 13.8. The van der Waals surface area contributed by atoms with Crippen molar-refractivity contribution in [2.45, 2.75) is 40.5 Å². The predicted molar refractivity (Wildman–Crippen MR) is 81.2 cm³/mol. The van der Waals surface area contributed by atoms with Crippen LogP contribution in [0.1, 0.15) is 39.7 Å². The summed E-state index contributed by atoms with van der Waals surface area (Å²) < 4.78 is 13.8. The topological polar surface area (TPSA) is 12.0 Å². The van der Waals surface area contributed by atoms with E-state index in [1.807, 2.05) is 0 Å². The standard InChI is InChI=1S/C16H25ClFN/c1-12(2)11-19-8-7-16(3,4)10-13-5-6-14(17)9-15(13)18/h5-6,9,12,19H,7-8,10-11H2,1-4H3. The summed E-state index contributed by atoms with van der Waals surface area (Å²) in [5.74, 6) is 0.465. The second-order valence-electron chi connectivity index (χ2n) is 6.42. The Bertz CT molecular complexity index is 402. The van der Waals surface area contributed by atoms with Gasteiger partial charge < -0.3 is 5.32 Å². The summed E-state index contributed by atoms with van der Waals surface area (Å²) in [5.41, 5.74) is 0.830. The summed E-state index contributed by atoms with van der Waals surface area (Å²) in [6.45, 7) is 10.8. The Morgan fingerprint density at radius 3 is 2.58 bits per heavy atom. The van der Waals surface area contributed by atoms with Gasteiger partial charge in [0.2, 0.25) is 0 Å². The van der Waals surface area contributed by atoms with Crippen LogP contribution in [0.5, 0.6) is 0 Å². The minimum Gasteiger partial charge on any atom is -0.316 e. The molecule has 0 amide bonds. The van der Waals surface area contributed by atoms with E-state index in [1.165, 1.54) is 6.07 Å². The Hall–Kier alpha value is -0.600. The van der Waals surface area contributed by atoms with Gasteiger partial charge in [-0.1, -0.05) is 45.4 Å². The van der Waals surface area contributed by atoms with Gasteiger partial charge in [-0.15, -0.1) is 0 Å². The van der Waals surface area contributed by atoms with E-state index in [-0.39, 0.29) is 11.2 Å². The van der Waals surface area contributed by atoms with E-state index in [2.05, 4.69) is 33.0 Å². The summed E-state index contributed by atoms with van der Waals surface area (Å²) in [7, 11) is 0. The minimum absolute atomic E-state index is 0.0820. The van der Waals surface area contributed by atoms with Crippen LogP contribution in [0.25, 0.3) is 0 Å². The fraction of sp³-hybridized carbons (Fsp3) is 0.625. The first-order valence-electron chi connectivity index (χ1n) is 6.95. The van der Waals surface area contributed by atoms with E-state index in [9.17, 15) is 4.39 Å². The highest BCUT2D eigenvalue weighted by molar-refractivity contribution is 6.30. The number of hydrogen-bond donors (Lipinski definition) is 1. The molecule has 0 spiro atoms. The van der Waals surface area contributed by atoms with Gasteiger partial charge in [-0.3, -0.25) is 0 Å². The van der Waals surface area contributed by atoms with Crippen molar-refractivity contribution in [3.8, 4) is 0 Å². The molecule has 0 saturated heterocycles. The van der Waals surface area contributed by atoms with Crippen molar-refractivity contribution >= 4 is 11.6 Å². The van der Waals surface area contributed by atoms with Gasteiger partial charge in [0.15, 0.2) is 0 Å². The Kier molecular flexibility index (Phi) is 6.28. The highest BCUT2D eigenvalue weighted by Gasteiger charge is 2.20. The zero-order valence-corrected chi connectivity index (χ0v) is 13.1. The molecule has 1 rings (SSSR count). The van der Waals surface area contributed by atoms with Crippen molar-refractivity contribution in [3.05, 3.63) is 34.6 Å². The summed E-state index contributed by atoms with van der Waals surface area (Å²) in [5, 5.41) is 3.89. The molecule has 1 nitrogen and oxygen atoms in total. The van der Waals surface area contributed by atoms with Gasteiger partial charge >= 0.3 is 0 Å². The molecule has 0 radical (unpaired) electrons. The van der Waals surface area contributed by atoms with Crippen molar-refractivity contribution in [1.29, 1.82) is 0 Å². The monoisotopic (exact) mass is 285 g/mol. The fourth-order valence-electron chi connectivity index (χ4n) is 2.09. The summed E-state index contributed by atoms with van der Waals surface area (Å²) in [6, 6.07) is 4.94. The predicted octanol–water partition coefficient (Wildman–Crippen LogP) is 4.68. The largest absolute Gasteiger partial charge is 0.316 e. The van der Waals surface area contributed by atoms with Crippen LogP contribution in [0.2, 0.25) is 5.02 Å². The number of hydrogen-bond acceptors (Lipinski definition) is 1. The van der Waals surface area contributed by atoms with E-state index < -0.39 is 0 Å². The van der Waals surface area contributed by atoms with Gasteiger partial charge in [0.25, 0.3) is 0 Å². The van der Waals surface area contributed by atoms with Crippen LogP contribution in [0.4, 0.5) is 4.39 Å². The number of nitrogens with one attached hydrogen (secondary N) is 1. The molecule has 0 unspecified atom stereocenters. The van der Waals surface area contributed by atoms with E-state index in [4.69, 9.17) is 11.6 Å². The van der Waals surface area contributed by atoms with Gasteiger partial charge in [0.1, 0.15) is 5.82 Å². The highest BCUT2D eigenvalue weighted by Crippen LogP contribution is 2.27. The van der Waals surface area contributed by atoms with Crippen LogP contribution in [-0.2, 0) is 6.42 Å². The zero-order chi connectivity index (χ0) is 14.5. The third-order valence-corrected chi connectivity index (χ3v) is 3.45. The molecule has 0 aliphatic heterocycles. The zero-order valence-electron chi connectivity index (χ0n) is 12.4. The second-order valence-corrected chi connectivity index (χ2v) is 6.86. The summed E-state index contributed by atoms with van der Waals surface area (Å²) >= 11 is 5.77. The average Bonchev–Trinajstić information content (AvgIpc) is 2.28. The molecule has 0 atom stereocenters. The van der Waals surface area contributed by atoms with E-state index >= 15 is 0 Å². The molecule has 0 bridgehead atoms. The Balaban J connectivity index is 2.49. The minimum atomic E-state index is -0.198. The summed E-state index contributed by atoms with van der Waals surface area (Å²) in [4.78, 5) is 0. The van der Waals surface area contributed by atoms with Crippen molar-refractivity contribution in [1.82, 2.24) is 5.32 Å². The first-order valence-corrected chi connectivity index (χ1v) is 7.32. The number of rotatable bonds is 7. The molecule has 0 saturated carbocycles. The van der Waals surface area contributed by atoms with Crippen LogP contribution in [0, 0.1) is 17.2 Å². The van der Waals surface area contributed by atoms with E-state index in [0.29, 0.717) is 10.9 Å². The number of benzene rings is 1. The van der Waals surface area contributed by atoms with E-state index in [0.717, 1.165) is 31.5 Å². The molecule has 1 aromatic rings. The normalized spacial score (nSPS) is 12.2. The highest BCUT2D eigenvalue weighted by atomic mass is 35.5. The molecule has 1 N–H and O–H groups in total. The van der Waals surface area contributed by atoms with Crippen LogP contribution >= 0.6 is 11.6 Å². The van der Waals surface area contributed by atoms with Gasteiger partial charge in [-0.05, 0) is 55.0 Å². The van der Waals surface area contributed by atoms with Crippen molar-refractivity contribution in [2.75, 3.05) is 13.1 Å². The third-order valence-electron chi connectivity index (χ3n) is 3.22. The Morgan fingerprint density at radius 2 is 2.00 bits per heavy atom. The molecule has 0 aliphatic carbocycles. The maximum atomic E-state index is 13.8. The summed E-state index contributed by atoms with van der Waals surface area (Å²) in [6.07, 6.45) is 1.77. The average molecular weight is 286 g/mol. The van der Waals surface area contributed by atoms with Crippen molar-refractivity contribution in [3.63, 3.8) is 0 Å². The van der Waals surface area contributed by atoms with Crippen molar-refractivity contribution < 1.29 is 4.39 Å². The molecular formula is C16H25ClFN. The molecule has 0 heterocycles. The van der Waals surface area contributed by atoms with Crippen LogP contribution in [-0.4, -0.2) is 13.1 Å². The van der Waals surface area contributed by atoms with Gasteiger partial charge in [0, 0.05) is 5.02 Å². The van der Waals surface area contributed by atoms with Gasteiger partial charge in [0.05, 0.1) is 0 Å². The molecule has 19 heavy (non-hydrogen) atoms. The number of halogens is 2. The second kappa shape index (κ2) is 7.25. The maximum Gasteiger partial charge on any atom is 0.127 e. The fourth-order valence-corrected chi connectivity index (χ4v) is 2.25. The first kappa shape index (κ1) is 16.5. The Morgan fingerprint density at radius 1 is 1.32 bits per heavy atom. The van der Waals surface area contributed by atoms with Crippen LogP contribution in [0.15, 0.2) is 18.2 Å². The molecule has 1 aromatic carbocycles. The van der Waals surface area contributed by atoms with Crippen LogP contribution < -0.4 is 5.32 Å². The molecule has 108 valence electrons. The lowest BCUT2D eigenvalue weighted by Crippen LogP contribution is -2.26. The molecule has 0 aliphatic rings. The SMILES string of the molecule is CC(C)CNCCC(C)(C)Cc1ccc(Cl)cc1F. The van der Waals surface area contributed by atoms with E-state index in [1.54, 1.807) is 12.1 Å². The lowest BCUT2D eigenvalue weighted by atomic mass is 9.82. The van der Waals surface area contributed by atoms with Gasteiger partial charge in [-0.2, -0.15) is 0 Å². The Labute approximate surface area is 121 Å². The smallest absolute Gasteiger partial charge is 0.127 e. The molecular weight excluding hydrogens is 261 g/mol. The lowest BCUT2D eigenvalue weighted by molar-refractivity contribution is 0.318. The molecule has 3 heteroatoms. The lowest BCUT2D eigenvalue weighted by Gasteiger charge is -2.25. The first-order chi connectivity index (χ1) is 8.80. The molecule has 0 fully saturated rings. The molecule has 0 aromatic heterocycles. The quantitative estimate of drug-likeness (QED) is 0.717. The van der Waals surface area contributed by atoms with Gasteiger partial charge in [-0.25, -0.2) is 4.39 Å². The van der Waals surface area contributed by atoms with Crippen molar-refractivity contribution in [2.24, 2.45) is 11.3 Å².